The number of hydrogen-bond donors (Lipinski definition) is 2. The lowest BCUT2D eigenvalue weighted by atomic mass is 10.4. The van der Waals surface area contributed by atoms with Crippen LogP contribution >= 0.6 is 47.0 Å². The maximum atomic E-state index is 11.7. The maximum absolute atomic E-state index is 11.7. The number of nitrogens with zero attached hydrogens (tertiary/aromatic N) is 2. The predicted octanol–water partition coefficient (Wildman–Crippen LogP) is 1.16. The van der Waals surface area contributed by atoms with Crippen molar-refractivity contribution in [3.63, 3.8) is 0 Å². The van der Waals surface area contributed by atoms with Crippen LogP contribution in [0.4, 0.5) is 4.79 Å². The minimum atomic E-state index is -1.73. The topological polar surface area (TPSA) is 56.8 Å². The van der Waals surface area contributed by atoms with Crippen LogP contribution in [0, 0.1) is 0 Å². The molecule has 1 heterocycles. The van der Waals surface area contributed by atoms with Gasteiger partial charge in [-0.2, -0.15) is 0 Å². The van der Waals surface area contributed by atoms with Crippen molar-refractivity contribution < 1.29 is 9.53 Å². The summed E-state index contributed by atoms with van der Waals surface area (Å²) in [6, 6.07) is -0.390. The van der Waals surface area contributed by atoms with Crippen LogP contribution in [0.15, 0.2) is 0 Å². The minimum Gasteiger partial charge on any atom is -0.378 e. The van der Waals surface area contributed by atoms with E-state index in [1.54, 1.807) is 14.1 Å². The lowest BCUT2D eigenvalue weighted by Gasteiger charge is -2.34. The van der Waals surface area contributed by atoms with Crippen LogP contribution in [0.3, 0.4) is 0 Å². The fourth-order valence-electron chi connectivity index (χ4n) is 1.43. The zero-order valence-electron chi connectivity index (χ0n) is 11.2. The highest BCUT2D eigenvalue weighted by atomic mass is 35.6. The fraction of sp³-hybridized carbons (Fsp3) is 0.800. The van der Waals surface area contributed by atoms with Gasteiger partial charge in [0, 0.05) is 27.2 Å². The summed E-state index contributed by atoms with van der Waals surface area (Å²) >= 11 is 22.8. The van der Waals surface area contributed by atoms with Gasteiger partial charge in [0.1, 0.15) is 0 Å². The Morgan fingerprint density at radius 3 is 2.30 bits per heavy atom. The lowest BCUT2D eigenvalue weighted by Crippen LogP contribution is -2.60. The number of alkyl halides is 3. The first kappa shape index (κ1) is 17.8. The van der Waals surface area contributed by atoms with E-state index in [-0.39, 0.29) is 0 Å². The summed E-state index contributed by atoms with van der Waals surface area (Å²) in [5.41, 5.74) is 0. The van der Waals surface area contributed by atoms with Crippen LogP contribution in [0.2, 0.25) is 0 Å². The molecule has 0 aromatic heterocycles. The number of thiocarbonyl (C=S) groups is 1. The normalized spacial score (nSPS) is 17.4. The monoisotopic (exact) mass is 362 g/mol. The van der Waals surface area contributed by atoms with Crippen molar-refractivity contribution in [1.29, 1.82) is 0 Å². The smallest absolute Gasteiger partial charge is 0.318 e. The molecule has 0 aromatic carbocycles. The van der Waals surface area contributed by atoms with E-state index in [1.165, 1.54) is 4.90 Å². The van der Waals surface area contributed by atoms with E-state index in [0.29, 0.717) is 31.4 Å². The third kappa shape index (κ3) is 5.65. The molecule has 116 valence electrons. The van der Waals surface area contributed by atoms with E-state index in [4.69, 9.17) is 51.8 Å². The molecule has 6 nitrogen and oxygen atoms in total. The number of carbonyl (C=O) groups excluding carboxylic acids is 1. The van der Waals surface area contributed by atoms with E-state index in [0.717, 1.165) is 0 Å². The molecule has 0 saturated carbocycles. The van der Waals surface area contributed by atoms with Crippen molar-refractivity contribution >= 4 is 58.2 Å². The van der Waals surface area contributed by atoms with Crippen LogP contribution < -0.4 is 10.6 Å². The molecular weight excluding hydrogens is 347 g/mol. The zero-order valence-corrected chi connectivity index (χ0v) is 14.2. The number of morpholine rings is 1. The van der Waals surface area contributed by atoms with Gasteiger partial charge in [0.2, 0.25) is 3.79 Å². The first-order valence-corrected chi connectivity index (χ1v) is 7.43. The summed E-state index contributed by atoms with van der Waals surface area (Å²) in [7, 11) is 3.18. The highest BCUT2D eigenvalue weighted by Crippen LogP contribution is 2.29. The molecule has 1 aliphatic heterocycles. The second kappa shape index (κ2) is 7.70. The van der Waals surface area contributed by atoms with Crippen LogP contribution in [0.1, 0.15) is 0 Å². The standard InChI is InChI=1S/C10H17Cl3N4O2S/c1-16(2)8(18)14-7(10(11,12)13)15-9(20)17-3-5-19-6-4-17/h7H,3-6H2,1-2H3,(H,14,18)(H,15,20). The summed E-state index contributed by atoms with van der Waals surface area (Å²) < 4.78 is 3.50. The Balaban J connectivity index is 2.64. The quantitative estimate of drug-likeness (QED) is 0.438. The Morgan fingerprint density at radius 1 is 1.30 bits per heavy atom. The van der Waals surface area contributed by atoms with Crippen LogP contribution in [-0.4, -0.2) is 71.3 Å². The molecule has 0 aromatic rings. The first-order chi connectivity index (χ1) is 9.21. The summed E-state index contributed by atoms with van der Waals surface area (Å²) in [5.74, 6) is 0. The summed E-state index contributed by atoms with van der Waals surface area (Å²) in [5, 5.41) is 5.83. The van der Waals surface area contributed by atoms with E-state index in [1.807, 2.05) is 4.90 Å². The van der Waals surface area contributed by atoms with Crippen molar-refractivity contribution in [1.82, 2.24) is 20.4 Å². The number of halogens is 3. The van der Waals surface area contributed by atoms with E-state index in [2.05, 4.69) is 10.6 Å². The molecule has 0 aliphatic carbocycles. The van der Waals surface area contributed by atoms with Gasteiger partial charge in [-0.3, -0.25) is 0 Å². The molecule has 0 spiro atoms. The van der Waals surface area contributed by atoms with Gasteiger partial charge in [0.25, 0.3) is 0 Å². The Labute approximate surface area is 138 Å². The maximum Gasteiger partial charge on any atom is 0.318 e. The van der Waals surface area contributed by atoms with Crippen molar-refractivity contribution in [2.24, 2.45) is 0 Å². The van der Waals surface area contributed by atoms with E-state index < -0.39 is 16.0 Å². The summed E-state index contributed by atoms with van der Waals surface area (Å²) in [6.07, 6.45) is -0.933. The third-order valence-corrected chi connectivity index (χ3v) is 3.60. The number of amides is 2. The highest BCUT2D eigenvalue weighted by Gasteiger charge is 2.35. The van der Waals surface area contributed by atoms with Gasteiger partial charge >= 0.3 is 6.03 Å². The molecule has 20 heavy (non-hydrogen) atoms. The molecule has 1 aliphatic rings. The number of nitrogens with one attached hydrogen (secondary N) is 2. The van der Waals surface area contributed by atoms with Gasteiger partial charge < -0.3 is 25.2 Å². The van der Waals surface area contributed by atoms with Crippen LogP contribution in [-0.2, 0) is 4.74 Å². The average molecular weight is 364 g/mol. The highest BCUT2D eigenvalue weighted by molar-refractivity contribution is 7.80. The molecule has 1 rings (SSSR count). The molecule has 0 bridgehead atoms. The molecule has 1 fully saturated rings. The number of rotatable bonds is 2. The SMILES string of the molecule is CN(C)C(=O)NC(NC(=S)N1CCOCC1)C(Cl)(Cl)Cl. The van der Waals surface area contributed by atoms with Crippen LogP contribution in [0.25, 0.3) is 0 Å². The van der Waals surface area contributed by atoms with Gasteiger partial charge in [-0.1, -0.05) is 34.8 Å². The number of ether oxygens (including phenoxy) is 1. The number of urea groups is 1. The van der Waals surface area contributed by atoms with Crippen molar-refractivity contribution in [3.8, 4) is 0 Å². The second-order valence-electron chi connectivity index (χ2n) is 4.37. The van der Waals surface area contributed by atoms with Gasteiger partial charge in [0.15, 0.2) is 11.3 Å². The zero-order chi connectivity index (χ0) is 15.3. The third-order valence-electron chi connectivity index (χ3n) is 2.57. The number of hydrogen-bond acceptors (Lipinski definition) is 3. The van der Waals surface area contributed by atoms with Crippen molar-refractivity contribution in [2.45, 2.75) is 9.96 Å². The predicted molar refractivity (Wildman–Crippen MR) is 84.4 cm³/mol. The molecular formula is C10H17Cl3N4O2S. The minimum absolute atomic E-state index is 0.390. The van der Waals surface area contributed by atoms with Gasteiger partial charge in [-0.15, -0.1) is 0 Å². The van der Waals surface area contributed by atoms with Gasteiger partial charge in [-0.25, -0.2) is 4.79 Å². The molecule has 1 saturated heterocycles. The lowest BCUT2D eigenvalue weighted by molar-refractivity contribution is 0.0673. The van der Waals surface area contributed by atoms with Gasteiger partial charge in [-0.05, 0) is 12.2 Å². The second-order valence-corrected chi connectivity index (χ2v) is 7.12. The summed E-state index contributed by atoms with van der Waals surface area (Å²) in [6.45, 7) is 2.48. The summed E-state index contributed by atoms with van der Waals surface area (Å²) in [4.78, 5) is 14.9. The Hall–Kier alpha value is -0.210. The first-order valence-electron chi connectivity index (χ1n) is 5.89. The Morgan fingerprint density at radius 2 is 1.85 bits per heavy atom. The van der Waals surface area contributed by atoms with Crippen LogP contribution in [0.5, 0.6) is 0 Å². The van der Waals surface area contributed by atoms with Crippen molar-refractivity contribution in [2.75, 3.05) is 40.4 Å². The Bertz CT molecular complexity index is 359. The largest absolute Gasteiger partial charge is 0.378 e. The van der Waals surface area contributed by atoms with E-state index >= 15 is 0 Å². The van der Waals surface area contributed by atoms with Crippen molar-refractivity contribution in [3.05, 3.63) is 0 Å². The molecule has 10 heteroatoms. The molecule has 0 radical (unpaired) electrons. The molecule has 1 unspecified atom stereocenters. The number of carbonyl (C=O) groups is 1. The molecule has 1 atom stereocenters. The average Bonchev–Trinajstić information content (AvgIpc) is 2.37. The molecule has 2 N–H and O–H groups in total. The Kier molecular flexibility index (Phi) is 6.87. The molecule has 2 amide bonds. The van der Waals surface area contributed by atoms with E-state index in [9.17, 15) is 4.79 Å². The van der Waals surface area contributed by atoms with Gasteiger partial charge in [0.05, 0.1) is 13.2 Å². The fourth-order valence-corrected chi connectivity index (χ4v) is 2.06.